The fourth-order valence-electron chi connectivity index (χ4n) is 3.00. The molecule has 188 valence electrons. The SMILES string of the molecule is CCC(Oc1ncccc1Cc1cc(N(N)/C(=C\C(=O)NC=O)C(F)(F)F)c(F)cc1Cl)C(C)=O. The van der Waals surface area contributed by atoms with Gasteiger partial charge in [-0.05, 0) is 37.1 Å². The molecule has 0 fully saturated rings. The minimum Gasteiger partial charge on any atom is -0.466 e. The van der Waals surface area contributed by atoms with Crippen LogP contribution in [0.2, 0.25) is 5.02 Å². The number of pyridine rings is 1. The number of Topliss-reactive ketones (excluding diaryl/α,β-unsaturated/α-hetero) is 1. The van der Waals surface area contributed by atoms with Crippen LogP contribution in [0.15, 0.2) is 42.2 Å². The highest BCUT2D eigenvalue weighted by Gasteiger charge is 2.39. The second kappa shape index (κ2) is 11.8. The number of ketones is 1. The maximum absolute atomic E-state index is 14.6. The molecule has 1 atom stereocenters. The van der Waals surface area contributed by atoms with E-state index in [2.05, 4.69) is 4.98 Å². The van der Waals surface area contributed by atoms with Gasteiger partial charge in [0.1, 0.15) is 11.5 Å². The molecule has 0 saturated carbocycles. The number of rotatable bonds is 10. The van der Waals surface area contributed by atoms with Gasteiger partial charge in [-0.25, -0.2) is 15.2 Å². The summed E-state index contributed by atoms with van der Waals surface area (Å²) in [6.45, 7) is 3.10. The molecule has 2 amide bonds. The molecule has 1 unspecified atom stereocenters. The van der Waals surface area contributed by atoms with Crippen molar-refractivity contribution in [3.8, 4) is 5.88 Å². The first kappa shape index (κ1) is 27.7. The Hall–Kier alpha value is -3.51. The zero-order valence-corrected chi connectivity index (χ0v) is 19.3. The van der Waals surface area contributed by atoms with Gasteiger partial charge in [0.25, 0.3) is 5.91 Å². The fraction of sp³-hybridized carbons (Fsp3) is 0.273. The van der Waals surface area contributed by atoms with E-state index < -0.39 is 35.4 Å². The van der Waals surface area contributed by atoms with Crippen LogP contribution >= 0.6 is 11.6 Å². The number of amides is 2. The van der Waals surface area contributed by atoms with Gasteiger partial charge in [-0.3, -0.25) is 24.7 Å². The molecule has 1 aromatic heterocycles. The average Bonchev–Trinajstić information content (AvgIpc) is 2.77. The topological polar surface area (TPSA) is 115 Å². The molecular weight excluding hydrogens is 496 g/mol. The predicted molar refractivity (Wildman–Crippen MR) is 119 cm³/mol. The van der Waals surface area contributed by atoms with Crippen LogP contribution < -0.4 is 20.9 Å². The number of hydrogen-bond donors (Lipinski definition) is 2. The van der Waals surface area contributed by atoms with Gasteiger partial charge in [-0.1, -0.05) is 24.6 Å². The number of aromatic nitrogens is 1. The van der Waals surface area contributed by atoms with Crippen molar-refractivity contribution in [3.63, 3.8) is 0 Å². The lowest BCUT2D eigenvalue weighted by Gasteiger charge is -2.25. The van der Waals surface area contributed by atoms with Crippen molar-refractivity contribution in [1.29, 1.82) is 0 Å². The largest absolute Gasteiger partial charge is 0.466 e. The summed E-state index contributed by atoms with van der Waals surface area (Å²) in [5.74, 6) is 2.81. The highest BCUT2D eigenvalue weighted by Crippen LogP contribution is 2.35. The molecule has 0 aliphatic carbocycles. The smallest absolute Gasteiger partial charge is 0.433 e. The van der Waals surface area contributed by atoms with Crippen LogP contribution in [0.4, 0.5) is 23.2 Å². The third kappa shape index (κ3) is 7.23. The van der Waals surface area contributed by atoms with Crippen LogP contribution in [0.25, 0.3) is 0 Å². The summed E-state index contributed by atoms with van der Waals surface area (Å²) >= 11 is 6.13. The number of nitrogens with zero attached hydrogens (tertiary/aromatic N) is 2. The molecule has 0 radical (unpaired) electrons. The molecule has 0 aliphatic heterocycles. The number of ether oxygens (including phenoxy) is 1. The van der Waals surface area contributed by atoms with E-state index in [0.29, 0.717) is 12.0 Å². The van der Waals surface area contributed by atoms with E-state index in [1.807, 2.05) is 0 Å². The molecule has 0 saturated heterocycles. The van der Waals surface area contributed by atoms with Crippen LogP contribution in [0, 0.1) is 5.82 Å². The molecule has 2 rings (SSSR count). The number of hydrazine groups is 1. The number of nitrogens with two attached hydrogens (primary N) is 1. The molecule has 0 aliphatic rings. The van der Waals surface area contributed by atoms with Gasteiger partial charge >= 0.3 is 6.18 Å². The Kier molecular flexibility index (Phi) is 9.32. The molecule has 0 spiro atoms. The van der Waals surface area contributed by atoms with Crippen molar-refractivity contribution in [3.05, 3.63) is 64.2 Å². The fourth-order valence-corrected chi connectivity index (χ4v) is 3.22. The first-order chi connectivity index (χ1) is 16.4. The Bertz CT molecular complexity index is 1140. The van der Waals surface area contributed by atoms with E-state index in [1.54, 1.807) is 19.1 Å². The van der Waals surface area contributed by atoms with Gasteiger partial charge in [0.05, 0.1) is 5.69 Å². The Morgan fingerprint density at radius 3 is 2.57 bits per heavy atom. The zero-order chi connectivity index (χ0) is 26.3. The number of carbonyl (C=O) groups is 3. The molecule has 0 bridgehead atoms. The lowest BCUT2D eigenvalue weighted by Crippen LogP contribution is -2.39. The number of alkyl halides is 3. The monoisotopic (exact) mass is 516 g/mol. The molecule has 1 aromatic carbocycles. The summed E-state index contributed by atoms with van der Waals surface area (Å²) in [4.78, 5) is 37.7. The molecule has 1 heterocycles. The Balaban J connectivity index is 2.49. The lowest BCUT2D eigenvalue weighted by molar-refractivity contribution is -0.124. The van der Waals surface area contributed by atoms with Gasteiger partial charge < -0.3 is 4.74 Å². The molecular formula is C22H21ClF4N4O4. The third-order valence-corrected chi connectivity index (χ3v) is 5.06. The second-order valence-corrected chi connectivity index (χ2v) is 7.60. The van der Waals surface area contributed by atoms with Gasteiger partial charge in [0.15, 0.2) is 11.9 Å². The molecule has 8 nitrogen and oxygen atoms in total. The summed E-state index contributed by atoms with van der Waals surface area (Å²) in [7, 11) is 0. The molecule has 13 heteroatoms. The van der Waals surface area contributed by atoms with E-state index in [4.69, 9.17) is 22.2 Å². The Morgan fingerprint density at radius 1 is 1.31 bits per heavy atom. The first-order valence-electron chi connectivity index (χ1n) is 10.1. The van der Waals surface area contributed by atoms with Gasteiger partial charge in [-0.15, -0.1) is 0 Å². The number of anilines is 1. The molecule has 35 heavy (non-hydrogen) atoms. The van der Waals surface area contributed by atoms with Crippen LogP contribution in [0.1, 0.15) is 31.4 Å². The van der Waals surface area contributed by atoms with E-state index in [0.717, 1.165) is 12.1 Å². The predicted octanol–water partition coefficient (Wildman–Crippen LogP) is 3.61. The average molecular weight is 517 g/mol. The number of imide groups is 1. The standard InChI is InChI=1S/C22H21ClF4N4O4/c1-3-18(12(2)33)35-21-13(5-4-6-29-21)7-14-8-17(16(24)9-15(14)23)31(28)19(22(25,26)27)10-20(34)30-11-32/h4-6,8-11,18H,3,7,28H2,1-2H3,(H,30,32,34)/b19-10-. The second-order valence-electron chi connectivity index (χ2n) is 7.19. The van der Waals surface area contributed by atoms with Crippen molar-refractivity contribution in [2.45, 2.75) is 39.0 Å². The van der Waals surface area contributed by atoms with Crippen molar-refractivity contribution in [2.75, 3.05) is 5.01 Å². The number of allylic oxidation sites excluding steroid dienone is 1. The van der Waals surface area contributed by atoms with Crippen molar-refractivity contribution < 1.29 is 36.7 Å². The summed E-state index contributed by atoms with van der Waals surface area (Å²) < 4.78 is 60.9. The first-order valence-corrected chi connectivity index (χ1v) is 10.4. The van der Waals surface area contributed by atoms with Crippen LogP contribution in [0.3, 0.4) is 0 Å². The quantitative estimate of drug-likeness (QED) is 0.163. The third-order valence-electron chi connectivity index (χ3n) is 4.70. The Morgan fingerprint density at radius 2 is 2.00 bits per heavy atom. The van der Waals surface area contributed by atoms with Gasteiger partial charge in [0, 0.05) is 29.3 Å². The van der Waals surface area contributed by atoms with Crippen LogP contribution in [-0.2, 0) is 20.8 Å². The van der Waals surface area contributed by atoms with Crippen molar-refractivity contribution in [1.82, 2.24) is 10.3 Å². The Labute approximate surface area is 202 Å². The molecule has 2 aromatic rings. The highest BCUT2D eigenvalue weighted by molar-refractivity contribution is 6.31. The highest BCUT2D eigenvalue weighted by atomic mass is 35.5. The van der Waals surface area contributed by atoms with Crippen molar-refractivity contribution in [2.24, 2.45) is 5.84 Å². The van der Waals surface area contributed by atoms with E-state index in [9.17, 15) is 31.9 Å². The number of halogens is 5. The van der Waals surface area contributed by atoms with Gasteiger partial charge in [0.2, 0.25) is 12.3 Å². The molecule has 3 N–H and O–H groups in total. The zero-order valence-electron chi connectivity index (χ0n) is 18.5. The van der Waals surface area contributed by atoms with Crippen LogP contribution in [-0.4, -0.2) is 35.4 Å². The summed E-state index contributed by atoms with van der Waals surface area (Å²) in [6.07, 6.45) is -4.30. The maximum Gasteiger partial charge on any atom is 0.433 e. The van der Waals surface area contributed by atoms with Crippen molar-refractivity contribution >= 4 is 35.4 Å². The number of benzene rings is 1. The lowest BCUT2D eigenvalue weighted by atomic mass is 10.0. The minimum absolute atomic E-state index is 0.0157. The minimum atomic E-state index is -5.17. The summed E-state index contributed by atoms with van der Waals surface area (Å²) in [6, 6.07) is 4.92. The van der Waals surface area contributed by atoms with Gasteiger partial charge in [-0.2, -0.15) is 13.2 Å². The number of hydrogen-bond acceptors (Lipinski definition) is 7. The van der Waals surface area contributed by atoms with E-state index in [-0.39, 0.29) is 46.2 Å². The van der Waals surface area contributed by atoms with Crippen LogP contribution in [0.5, 0.6) is 5.88 Å². The maximum atomic E-state index is 14.6. The van der Waals surface area contributed by atoms with E-state index in [1.165, 1.54) is 18.4 Å². The van der Waals surface area contributed by atoms with E-state index >= 15 is 0 Å². The number of nitrogens with one attached hydrogen (secondary N) is 1. The summed E-state index contributed by atoms with van der Waals surface area (Å²) in [5.41, 5.74) is -1.90. The number of carbonyl (C=O) groups excluding carboxylic acids is 3. The normalized spacial score (nSPS) is 12.6. The summed E-state index contributed by atoms with van der Waals surface area (Å²) in [5, 5.41) is 1.33.